The molecule has 3 aromatic carbocycles. The summed E-state index contributed by atoms with van der Waals surface area (Å²) < 4.78 is 14.2. The molecule has 206 valence electrons. The quantitative estimate of drug-likeness (QED) is 0.239. The molecule has 6 rings (SSSR count). The van der Waals surface area contributed by atoms with Crippen molar-refractivity contribution in [1.29, 1.82) is 0 Å². The Morgan fingerprint density at radius 2 is 1.75 bits per heavy atom. The summed E-state index contributed by atoms with van der Waals surface area (Å²) in [6.45, 7) is 3.50. The van der Waals surface area contributed by atoms with E-state index in [1.54, 1.807) is 0 Å². The molecule has 0 spiro atoms. The first-order valence-electron chi connectivity index (χ1n) is 14.1. The molecule has 2 unspecified atom stereocenters. The number of likely N-dealkylation sites (tertiary alicyclic amines) is 1. The number of amides is 1. The van der Waals surface area contributed by atoms with Crippen LogP contribution in [-0.2, 0) is 19.1 Å². The number of esters is 1. The minimum atomic E-state index is -0.449. The van der Waals surface area contributed by atoms with Crippen molar-refractivity contribution >= 4 is 34.2 Å². The van der Waals surface area contributed by atoms with Gasteiger partial charge in [0.2, 0.25) is 5.91 Å². The van der Waals surface area contributed by atoms with E-state index in [0.29, 0.717) is 31.1 Å². The van der Waals surface area contributed by atoms with E-state index in [1.165, 1.54) is 0 Å². The van der Waals surface area contributed by atoms with E-state index in [0.717, 1.165) is 46.1 Å². The molecule has 1 aromatic heterocycles. The smallest absolute Gasteiger partial charge is 0.306 e. The van der Waals surface area contributed by atoms with Gasteiger partial charge in [0.25, 0.3) is 0 Å². The van der Waals surface area contributed by atoms with Crippen LogP contribution in [0.1, 0.15) is 61.6 Å². The third-order valence-electron chi connectivity index (χ3n) is 8.14. The Bertz CT molecular complexity index is 1530. The number of hydrogen-bond acceptors (Lipinski definition) is 4. The number of rotatable bonds is 6. The van der Waals surface area contributed by atoms with Crippen LogP contribution in [-0.4, -0.2) is 41.0 Å². The zero-order chi connectivity index (χ0) is 27.6. The summed E-state index contributed by atoms with van der Waals surface area (Å²) in [6, 6.07) is 24.5. The van der Waals surface area contributed by atoms with Crippen LogP contribution in [0.25, 0.3) is 16.5 Å². The van der Waals surface area contributed by atoms with Crippen molar-refractivity contribution in [2.24, 2.45) is 5.92 Å². The van der Waals surface area contributed by atoms with Crippen LogP contribution in [0, 0.1) is 5.92 Å². The Labute approximate surface area is 239 Å². The lowest BCUT2D eigenvalue weighted by Gasteiger charge is -2.33. The zero-order valence-electron chi connectivity index (χ0n) is 22.6. The van der Waals surface area contributed by atoms with Gasteiger partial charge in [-0.15, -0.1) is 0 Å². The van der Waals surface area contributed by atoms with Crippen molar-refractivity contribution in [2.75, 3.05) is 19.7 Å². The van der Waals surface area contributed by atoms with Crippen LogP contribution in [0.3, 0.4) is 0 Å². The van der Waals surface area contributed by atoms with Gasteiger partial charge in [0, 0.05) is 36.3 Å². The molecule has 0 radical (unpaired) electrons. The van der Waals surface area contributed by atoms with Gasteiger partial charge in [0.1, 0.15) is 12.2 Å². The fourth-order valence-electron chi connectivity index (χ4n) is 6.14. The molecule has 0 aliphatic carbocycles. The lowest BCUT2D eigenvalue weighted by molar-refractivity contribution is -0.144. The second-order valence-corrected chi connectivity index (χ2v) is 11.1. The third-order valence-corrected chi connectivity index (χ3v) is 8.37. The average Bonchev–Trinajstić information content (AvgIpc) is 3.41. The molecule has 0 bridgehead atoms. The first kappa shape index (κ1) is 26.6. The maximum Gasteiger partial charge on any atom is 0.306 e. The standard InChI is InChI=1S/C33H33ClN2O4/c1-2-39-32(38)19-22-14-17-35(18-15-22)31(37)21-30-29-11-6-16-36(29)28-13-12-24(34)20-27(28)33(40-30)26-10-5-8-23-7-3-4-9-25(23)26/h3-13,16,20,22,30,33H,2,14-15,17-19,21H2,1H3. The Morgan fingerprint density at radius 1 is 0.950 bits per heavy atom. The van der Waals surface area contributed by atoms with E-state index >= 15 is 0 Å². The van der Waals surface area contributed by atoms with Gasteiger partial charge >= 0.3 is 5.97 Å². The number of carbonyl (C=O) groups is 2. The van der Waals surface area contributed by atoms with E-state index in [4.69, 9.17) is 21.1 Å². The van der Waals surface area contributed by atoms with Crippen molar-refractivity contribution in [1.82, 2.24) is 9.47 Å². The topological polar surface area (TPSA) is 60.8 Å². The van der Waals surface area contributed by atoms with Gasteiger partial charge < -0.3 is 18.9 Å². The van der Waals surface area contributed by atoms with E-state index in [1.807, 2.05) is 60.5 Å². The molecule has 1 amide bonds. The summed E-state index contributed by atoms with van der Waals surface area (Å²) in [5.41, 5.74) is 3.95. The maximum atomic E-state index is 13.6. The minimum Gasteiger partial charge on any atom is -0.466 e. The largest absolute Gasteiger partial charge is 0.466 e. The molecule has 3 heterocycles. The highest BCUT2D eigenvalue weighted by Crippen LogP contribution is 2.44. The summed E-state index contributed by atoms with van der Waals surface area (Å²) in [4.78, 5) is 27.5. The van der Waals surface area contributed by atoms with Crippen LogP contribution < -0.4 is 0 Å². The van der Waals surface area contributed by atoms with Gasteiger partial charge in [-0.05, 0) is 72.4 Å². The van der Waals surface area contributed by atoms with Gasteiger partial charge in [0.15, 0.2) is 0 Å². The zero-order valence-corrected chi connectivity index (χ0v) is 23.3. The molecule has 2 atom stereocenters. The van der Waals surface area contributed by atoms with Gasteiger partial charge in [0.05, 0.1) is 24.4 Å². The Kier molecular flexibility index (Phi) is 7.63. The fraction of sp³-hybridized carbons (Fsp3) is 0.333. The lowest BCUT2D eigenvalue weighted by Crippen LogP contribution is -2.39. The molecule has 7 heteroatoms. The van der Waals surface area contributed by atoms with E-state index in [9.17, 15) is 9.59 Å². The number of aromatic nitrogens is 1. The van der Waals surface area contributed by atoms with Crippen LogP contribution in [0.15, 0.2) is 79.0 Å². The summed E-state index contributed by atoms with van der Waals surface area (Å²) in [5.74, 6) is 0.163. The highest BCUT2D eigenvalue weighted by Gasteiger charge is 2.34. The number of piperidine rings is 1. The van der Waals surface area contributed by atoms with Crippen LogP contribution in [0.5, 0.6) is 0 Å². The Morgan fingerprint density at radius 3 is 2.58 bits per heavy atom. The van der Waals surface area contributed by atoms with Crippen molar-refractivity contribution in [3.8, 4) is 5.69 Å². The number of benzene rings is 3. The number of fused-ring (bicyclic) bond motifs is 4. The number of nitrogens with zero attached hydrogens (tertiary/aromatic N) is 2. The molecule has 2 aliphatic heterocycles. The second kappa shape index (κ2) is 11.5. The van der Waals surface area contributed by atoms with Crippen molar-refractivity contribution in [2.45, 2.75) is 44.8 Å². The molecular weight excluding hydrogens is 524 g/mol. The van der Waals surface area contributed by atoms with Crippen molar-refractivity contribution in [3.63, 3.8) is 0 Å². The number of carbonyl (C=O) groups excluding carboxylic acids is 2. The van der Waals surface area contributed by atoms with Crippen LogP contribution >= 0.6 is 11.6 Å². The Balaban J connectivity index is 1.29. The van der Waals surface area contributed by atoms with Gasteiger partial charge in [-0.25, -0.2) is 0 Å². The van der Waals surface area contributed by atoms with Gasteiger partial charge in [-0.1, -0.05) is 54.1 Å². The highest BCUT2D eigenvalue weighted by molar-refractivity contribution is 6.30. The second-order valence-electron chi connectivity index (χ2n) is 10.6. The predicted molar refractivity (Wildman–Crippen MR) is 156 cm³/mol. The van der Waals surface area contributed by atoms with Gasteiger partial charge in [-0.2, -0.15) is 0 Å². The molecule has 6 nitrogen and oxygen atoms in total. The average molecular weight is 557 g/mol. The van der Waals surface area contributed by atoms with Crippen molar-refractivity contribution < 1.29 is 19.1 Å². The summed E-state index contributed by atoms with van der Waals surface area (Å²) in [7, 11) is 0. The molecular formula is C33H33ClN2O4. The summed E-state index contributed by atoms with van der Waals surface area (Å²) in [6.07, 6.45) is 3.42. The van der Waals surface area contributed by atoms with E-state index < -0.39 is 12.2 Å². The maximum absolute atomic E-state index is 13.6. The molecule has 2 aliphatic rings. The highest BCUT2D eigenvalue weighted by atomic mass is 35.5. The molecule has 4 aromatic rings. The van der Waals surface area contributed by atoms with Crippen molar-refractivity contribution in [3.05, 3.63) is 101 Å². The first-order valence-corrected chi connectivity index (χ1v) is 14.4. The van der Waals surface area contributed by atoms with Crippen LogP contribution in [0.2, 0.25) is 5.02 Å². The predicted octanol–water partition coefficient (Wildman–Crippen LogP) is 7.03. The van der Waals surface area contributed by atoms with Crippen LogP contribution in [0.4, 0.5) is 0 Å². The monoisotopic (exact) mass is 556 g/mol. The number of halogens is 1. The minimum absolute atomic E-state index is 0.0630. The lowest BCUT2D eigenvalue weighted by atomic mass is 9.93. The third kappa shape index (κ3) is 5.26. The van der Waals surface area contributed by atoms with E-state index in [-0.39, 0.29) is 24.2 Å². The molecule has 40 heavy (non-hydrogen) atoms. The Hall–Kier alpha value is -3.61. The van der Waals surface area contributed by atoms with E-state index in [2.05, 4.69) is 34.9 Å². The summed E-state index contributed by atoms with van der Waals surface area (Å²) >= 11 is 6.53. The van der Waals surface area contributed by atoms with Gasteiger partial charge in [-0.3, -0.25) is 9.59 Å². The normalized spacial score (nSPS) is 19.1. The number of ether oxygens (including phenoxy) is 2. The molecule has 1 saturated heterocycles. The SMILES string of the molecule is CCOC(=O)CC1CCN(C(=O)CC2OC(c3cccc4ccccc34)c3cc(Cl)ccc3-n3cccc32)CC1. The molecule has 0 saturated carbocycles. The summed E-state index contributed by atoms with van der Waals surface area (Å²) in [5, 5.41) is 2.89. The molecule has 1 fully saturated rings. The fourth-order valence-corrected chi connectivity index (χ4v) is 6.32. The first-order chi connectivity index (χ1) is 19.5. The molecule has 0 N–H and O–H groups in total. The number of hydrogen-bond donors (Lipinski definition) is 0.